The molecule has 1 N–H and O–H groups in total. The maximum atomic E-state index is 12.5. The summed E-state index contributed by atoms with van der Waals surface area (Å²) in [6.45, 7) is 8.50. The van der Waals surface area contributed by atoms with E-state index in [0.29, 0.717) is 39.3 Å². The van der Waals surface area contributed by atoms with Crippen LogP contribution in [0.15, 0.2) is 16.5 Å². The molecular weight excluding hydrogens is 322 g/mol. The van der Waals surface area contributed by atoms with E-state index in [1.807, 2.05) is 26.0 Å². The van der Waals surface area contributed by atoms with Crippen LogP contribution in [0.2, 0.25) is 0 Å². The van der Waals surface area contributed by atoms with Gasteiger partial charge in [0, 0.05) is 39.1 Å². The van der Waals surface area contributed by atoms with Gasteiger partial charge in [0.1, 0.15) is 11.5 Å². The molecule has 25 heavy (non-hydrogen) atoms. The number of likely N-dealkylation sites (tertiary alicyclic amines) is 1. The van der Waals surface area contributed by atoms with E-state index in [-0.39, 0.29) is 23.8 Å². The summed E-state index contributed by atoms with van der Waals surface area (Å²) in [5.74, 6) is 1.48. The van der Waals surface area contributed by atoms with Crippen LogP contribution in [0.3, 0.4) is 0 Å². The van der Waals surface area contributed by atoms with Crippen LogP contribution in [-0.4, -0.2) is 67.6 Å². The van der Waals surface area contributed by atoms with Crippen molar-refractivity contribution in [3.05, 3.63) is 23.7 Å². The summed E-state index contributed by atoms with van der Waals surface area (Å²) in [7, 11) is 0. The van der Waals surface area contributed by atoms with E-state index in [4.69, 9.17) is 9.15 Å². The summed E-state index contributed by atoms with van der Waals surface area (Å²) in [4.78, 5) is 28.4. The van der Waals surface area contributed by atoms with Gasteiger partial charge in [0.15, 0.2) is 0 Å². The molecule has 0 unspecified atom stereocenters. The lowest BCUT2D eigenvalue weighted by molar-refractivity contribution is -0.129. The summed E-state index contributed by atoms with van der Waals surface area (Å²) >= 11 is 0. The molecule has 2 aliphatic heterocycles. The molecule has 0 saturated carbocycles. The van der Waals surface area contributed by atoms with Crippen molar-refractivity contribution in [2.24, 2.45) is 5.92 Å². The van der Waals surface area contributed by atoms with E-state index in [1.54, 1.807) is 4.90 Å². The number of furan rings is 1. The Kier molecular flexibility index (Phi) is 5.75. The van der Waals surface area contributed by atoms with Crippen LogP contribution in [0.1, 0.15) is 30.9 Å². The second-order valence-electron chi connectivity index (χ2n) is 6.69. The van der Waals surface area contributed by atoms with Crippen LogP contribution in [0.5, 0.6) is 0 Å². The van der Waals surface area contributed by atoms with Gasteiger partial charge in [-0.3, -0.25) is 14.5 Å². The smallest absolute Gasteiger partial charge is 0.225 e. The summed E-state index contributed by atoms with van der Waals surface area (Å²) < 4.78 is 11.2. The Hall–Kier alpha value is -1.86. The molecule has 7 heteroatoms. The lowest BCUT2D eigenvalue weighted by Gasteiger charge is -2.33. The highest BCUT2D eigenvalue weighted by Gasteiger charge is 2.34. The van der Waals surface area contributed by atoms with Gasteiger partial charge in [0.05, 0.1) is 25.2 Å². The number of amides is 2. The number of nitrogens with zero attached hydrogens (tertiary/aromatic N) is 2. The van der Waals surface area contributed by atoms with E-state index in [2.05, 4.69) is 10.2 Å². The van der Waals surface area contributed by atoms with Crippen molar-refractivity contribution >= 4 is 11.8 Å². The summed E-state index contributed by atoms with van der Waals surface area (Å²) in [5.41, 5.74) is 0. The van der Waals surface area contributed by atoms with Crippen LogP contribution in [0, 0.1) is 12.8 Å². The van der Waals surface area contributed by atoms with Crippen molar-refractivity contribution in [2.45, 2.75) is 26.3 Å². The zero-order chi connectivity index (χ0) is 17.8. The molecule has 0 aromatic carbocycles. The van der Waals surface area contributed by atoms with Gasteiger partial charge in [-0.2, -0.15) is 0 Å². The molecule has 2 fully saturated rings. The number of ether oxygens (including phenoxy) is 1. The van der Waals surface area contributed by atoms with Crippen LogP contribution in [0.4, 0.5) is 0 Å². The van der Waals surface area contributed by atoms with Gasteiger partial charge in [-0.25, -0.2) is 0 Å². The second kappa shape index (κ2) is 8.01. The van der Waals surface area contributed by atoms with Crippen LogP contribution >= 0.6 is 0 Å². The van der Waals surface area contributed by atoms with E-state index in [1.165, 1.54) is 0 Å². The van der Waals surface area contributed by atoms with Crippen molar-refractivity contribution < 1.29 is 18.7 Å². The first-order chi connectivity index (χ1) is 12.1. The molecule has 138 valence electrons. The highest BCUT2D eigenvalue weighted by atomic mass is 16.5. The number of aryl methyl sites for hydroxylation is 1. The molecule has 3 rings (SSSR count). The predicted octanol–water partition coefficient (Wildman–Crippen LogP) is 0.946. The summed E-state index contributed by atoms with van der Waals surface area (Å²) in [5, 5.41) is 3.03. The molecular formula is C18H27N3O4. The quantitative estimate of drug-likeness (QED) is 0.827. The highest BCUT2D eigenvalue weighted by Crippen LogP contribution is 2.24. The lowest BCUT2D eigenvalue weighted by Crippen LogP contribution is -2.44. The molecule has 2 atom stereocenters. The molecule has 7 nitrogen and oxygen atoms in total. The molecule has 0 radical (unpaired) electrons. The lowest BCUT2D eigenvalue weighted by atomic mass is 10.1. The second-order valence-corrected chi connectivity index (χ2v) is 6.69. The molecule has 0 bridgehead atoms. The number of carbonyl (C=O) groups is 2. The monoisotopic (exact) mass is 349 g/mol. The first kappa shape index (κ1) is 17.9. The Bertz CT molecular complexity index is 609. The van der Waals surface area contributed by atoms with Gasteiger partial charge in [0.25, 0.3) is 0 Å². The molecule has 0 spiro atoms. The first-order valence-electron chi connectivity index (χ1n) is 9.02. The van der Waals surface area contributed by atoms with Crippen LogP contribution < -0.4 is 5.32 Å². The van der Waals surface area contributed by atoms with Crippen LogP contribution in [0.25, 0.3) is 0 Å². The zero-order valence-electron chi connectivity index (χ0n) is 15.0. The fourth-order valence-electron chi connectivity index (χ4n) is 3.53. The highest BCUT2D eigenvalue weighted by molar-refractivity contribution is 5.89. The normalized spacial score (nSPS) is 23.0. The molecule has 2 amide bonds. The Morgan fingerprint density at radius 2 is 2.12 bits per heavy atom. The molecule has 0 aliphatic carbocycles. The zero-order valence-corrected chi connectivity index (χ0v) is 15.0. The topological polar surface area (TPSA) is 75.0 Å². The van der Waals surface area contributed by atoms with Crippen molar-refractivity contribution in [1.82, 2.24) is 15.1 Å². The molecule has 1 aromatic heterocycles. The van der Waals surface area contributed by atoms with Gasteiger partial charge < -0.3 is 19.4 Å². The Balaban J connectivity index is 1.62. The van der Waals surface area contributed by atoms with Gasteiger partial charge in [-0.15, -0.1) is 0 Å². The third-order valence-electron chi connectivity index (χ3n) is 5.01. The Morgan fingerprint density at radius 3 is 2.72 bits per heavy atom. The number of carbonyl (C=O) groups excluding carboxylic acids is 2. The van der Waals surface area contributed by atoms with Gasteiger partial charge in [0.2, 0.25) is 11.8 Å². The predicted molar refractivity (Wildman–Crippen MR) is 91.9 cm³/mol. The minimum Gasteiger partial charge on any atom is -0.465 e. The maximum absolute atomic E-state index is 12.5. The van der Waals surface area contributed by atoms with Crippen molar-refractivity contribution in [2.75, 3.05) is 45.9 Å². The van der Waals surface area contributed by atoms with E-state index in [0.717, 1.165) is 24.6 Å². The van der Waals surface area contributed by atoms with Gasteiger partial charge in [-0.05, 0) is 26.0 Å². The third-order valence-corrected chi connectivity index (χ3v) is 5.01. The number of morpholine rings is 1. The number of hydrogen-bond acceptors (Lipinski definition) is 5. The fourth-order valence-corrected chi connectivity index (χ4v) is 3.53. The number of hydrogen-bond donors (Lipinski definition) is 1. The minimum atomic E-state index is -0.254. The molecule has 1 aromatic rings. The van der Waals surface area contributed by atoms with E-state index >= 15 is 0 Å². The Morgan fingerprint density at radius 1 is 1.36 bits per heavy atom. The summed E-state index contributed by atoms with van der Waals surface area (Å²) in [6, 6.07) is 3.90. The average Bonchev–Trinajstić information content (AvgIpc) is 3.21. The van der Waals surface area contributed by atoms with Crippen LogP contribution in [-0.2, 0) is 14.3 Å². The number of rotatable bonds is 6. The number of nitrogens with one attached hydrogen (secondary N) is 1. The Labute approximate surface area is 148 Å². The average molecular weight is 349 g/mol. The molecule has 3 heterocycles. The first-order valence-corrected chi connectivity index (χ1v) is 9.02. The van der Waals surface area contributed by atoms with Crippen molar-refractivity contribution in [3.8, 4) is 0 Å². The standard InChI is InChI=1S/C18H27N3O4/c1-3-20-12-14(10-17(20)22)18(23)19-11-15(16-5-4-13(2)25-16)21-6-8-24-9-7-21/h4-5,14-15H,3,6-12H2,1-2H3,(H,19,23)/t14-,15+/m0/s1. The van der Waals surface area contributed by atoms with Gasteiger partial charge in [-0.1, -0.05) is 0 Å². The fraction of sp³-hybridized carbons (Fsp3) is 0.667. The SMILES string of the molecule is CCN1C[C@@H](C(=O)NC[C@H](c2ccc(C)o2)N2CCOCC2)CC1=O. The molecule has 2 aliphatic rings. The van der Waals surface area contributed by atoms with E-state index in [9.17, 15) is 9.59 Å². The maximum Gasteiger partial charge on any atom is 0.225 e. The van der Waals surface area contributed by atoms with E-state index < -0.39 is 0 Å². The van der Waals surface area contributed by atoms with Crippen molar-refractivity contribution in [1.29, 1.82) is 0 Å². The largest absolute Gasteiger partial charge is 0.465 e. The summed E-state index contributed by atoms with van der Waals surface area (Å²) in [6.07, 6.45) is 0.307. The van der Waals surface area contributed by atoms with Gasteiger partial charge >= 0.3 is 0 Å². The minimum absolute atomic E-state index is 0.0130. The van der Waals surface area contributed by atoms with Crippen molar-refractivity contribution in [3.63, 3.8) is 0 Å². The molecule has 2 saturated heterocycles. The third kappa shape index (κ3) is 4.22.